The summed E-state index contributed by atoms with van der Waals surface area (Å²) in [5, 5.41) is 3.11. The molecule has 4 nitrogen and oxygen atoms in total. The number of carbonyl (C=O) groups excluding carboxylic acids is 1. The molecule has 0 saturated heterocycles. The molecule has 26 heavy (non-hydrogen) atoms. The molecule has 2 aromatic rings. The molecule has 1 aliphatic heterocycles. The van der Waals surface area contributed by atoms with E-state index in [2.05, 4.69) is 48.3 Å². The first-order valence-electron chi connectivity index (χ1n) is 9.17. The Morgan fingerprint density at radius 2 is 1.92 bits per heavy atom. The molecule has 0 atom stereocenters. The number of carbonyl (C=O) groups is 1. The van der Waals surface area contributed by atoms with E-state index in [-0.39, 0.29) is 11.4 Å². The van der Waals surface area contributed by atoms with Gasteiger partial charge in [0.05, 0.1) is 6.61 Å². The molecule has 0 aliphatic carbocycles. The summed E-state index contributed by atoms with van der Waals surface area (Å²) in [7, 11) is 1.66. The van der Waals surface area contributed by atoms with Crippen molar-refractivity contribution in [3.05, 3.63) is 70.8 Å². The first-order chi connectivity index (χ1) is 12.5. The van der Waals surface area contributed by atoms with Crippen molar-refractivity contribution in [1.82, 2.24) is 10.2 Å². The summed E-state index contributed by atoms with van der Waals surface area (Å²) in [5.41, 5.74) is 4.42. The fourth-order valence-electron chi connectivity index (χ4n) is 3.49. The molecule has 0 fully saturated rings. The van der Waals surface area contributed by atoms with Gasteiger partial charge in [0.1, 0.15) is 0 Å². The molecular weight excluding hydrogens is 324 g/mol. The molecule has 0 aromatic heterocycles. The predicted octanol–water partition coefficient (Wildman–Crippen LogP) is 3.40. The summed E-state index contributed by atoms with van der Waals surface area (Å²) in [6, 6.07) is 16.2. The van der Waals surface area contributed by atoms with Crippen LogP contribution in [-0.2, 0) is 24.3 Å². The second-order valence-electron chi connectivity index (χ2n) is 7.57. The average molecular weight is 352 g/mol. The number of amides is 1. The highest BCUT2D eigenvalue weighted by molar-refractivity contribution is 5.94. The minimum atomic E-state index is -0.104. The maximum Gasteiger partial charge on any atom is 0.251 e. The third kappa shape index (κ3) is 4.32. The van der Waals surface area contributed by atoms with Gasteiger partial charge >= 0.3 is 0 Å². The van der Waals surface area contributed by atoms with Gasteiger partial charge in [-0.25, -0.2) is 0 Å². The summed E-state index contributed by atoms with van der Waals surface area (Å²) >= 11 is 0. The van der Waals surface area contributed by atoms with Gasteiger partial charge in [0.15, 0.2) is 0 Å². The summed E-state index contributed by atoms with van der Waals surface area (Å²) in [6.45, 7) is 7.47. The third-order valence-corrected chi connectivity index (χ3v) is 5.17. The zero-order valence-electron chi connectivity index (χ0n) is 15.9. The van der Waals surface area contributed by atoms with E-state index in [4.69, 9.17) is 4.74 Å². The van der Waals surface area contributed by atoms with Gasteiger partial charge in [0.2, 0.25) is 0 Å². The Hall–Kier alpha value is -2.17. The smallest absolute Gasteiger partial charge is 0.251 e. The highest BCUT2D eigenvalue weighted by Crippen LogP contribution is 2.25. The number of fused-ring (bicyclic) bond motifs is 1. The third-order valence-electron chi connectivity index (χ3n) is 5.17. The molecule has 1 aliphatic rings. The van der Waals surface area contributed by atoms with Gasteiger partial charge < -0.3 is 10.1 Å². The van der Waals surface area contributed by atoms with Gasteiger partial charge in [-0.2, -0.15) is 0 Å². The molecule has 1 N–H and O–H groups in total. The van der Waals surface area contributed by atoms with Crippen LogP contribution in [0.3, 0.4) is 0 Å². The van der Waals surface area contributed by atoms with Crippen molar-refractivity contribution in [3.63, 3.8) is 0 Å². The summed E-state index contributed by atoms with van der Waals surface area (Å²) in [5.74, 6) is -0.0339. The SMILES string of the molecule is COCc1cccc(C(=O)NCC(C)(C)N2CCc3ccccc3C2)c1. The van der Waals surface area contributed by atoms with Gasteiger partial charge in [-0.05, 0) is 49.1 Å². The van der Waals surface area contributed by atoms with Crippen LogP contribution in [0.2, 0.25) is 0 Å². The monoisotopic (exact) mass is 352 g/mol. The molecule has 0 saturated carbocycles. The number of nitrogens with one attached hydrogen (secondary N) is 1. The molecule has 0 bridgehead atoms. The Labute approximate surface area is 156 Å². The summed E-state index contributed by atoms with van der Waals surface area (Å²) in [6.07, 6.45) is 1.06. The van der Waals surface area contributed by atoms with Crippen molar-refractivity contribution in [3.8, 4) is 0 Å². The molecule has 3 rings (SSSR count). The molecular formula is C22H28N2O2. The van der Waals surface area contributed by atoms with Crippen LogP contribution in [-0.4, -0.2) is 36.5 Å². The highest BCUT2D eigenvalue weighted by Gasteiger charge is 2.30. The van der Waals surface area contributed by atoms with Gasteiger partial charge in [-0.3, -0.25) is 9.69 Å². The van der Waals surface area contributed by atoms with Crippen LogP contribution < -0.4 is 5.32 Å². The molecule has 0 spiro atoms. The van der Waals surface area contributed by atoms with Crippen LogP contribution in [0.15, 0.2) is 48.5 Å². The van der Waals surface area contributed by atoms with Gasteiger partial charge in [0.25, 0.3) is 5.91 Å². The van der Waals surface area contributed by atoms with E-state index in [1.54, 1.807) is 7.11 Å². The van der Waals surface area contributed by atoms with Crippen LogP contribution in [0.25, 0.3) is 0 Å². The molecule has 138 valence electrons. The lowest BCUT2D eigenvalue weighted by molar-refractivity contribution is 0.0826. The van der Waals surface area contributed by atoms with Crippen molar-refractivity contribution < 1.29 is 9.53 Å². The average Bonchev–Trinajstić information content (AvgIpc) is 2.66. The second kappa shape index (κ2) is 8.02. The Morgan fingerprint density at radius 1 is 1.15 bits per heavy atom. The normalized spacial score (nSPS) is 14.7. The van der Waals surface area contributed by atoms with Gasteiger partial charge in [-0.15, -0.1) is 0 Å². The Morgan fingerprint density at radius 3 is 2.69 bits per heavy atom. The summed E-state index contributed by atoms with van der Waals surface area (Å²) in [4.78, 5) is 15.0. The minimum Gasteiger partial charge on any atom is -0.380 e. The zero-order valence-corrected chi connectivity index (χ0v) is 15.9. The zero-order chi connectivity index (χ0) is 18.6. The lowest BCUT2D eigenvalue weighted by atomic mass is 9.94. The van der Waals surface area contributed by atoms with Crippen molar-refractivity contribution in [1.29, 1.82) is 0 Å². The Bertz CT molecular complexity index is 770. The van der Waals surface area contributed by atoms with E-state index >= 15 is 0 Å². The largest absolute Gasteiger partial charge is 0.380 e. The topological polar surface area (TPSA) is 41.6 Å². The molecule has 0 radical (unpaired) electrons. The van der Waals surface area contributed by atoms with Gasteiger partial charge in [0, 0.05) is 37.8 Å². The second-order valence-corrected chi connectivity index (χ2v) is 7.57. The number of hydrogen-bond donors (Lipinski definition) is 1. The lowest BCUT2D eigenvalue weighted by Crippen LogP contribution is -2.53. The number of methoxy groups -OCH3 is 1. The first kappa shape index (κ1) is 18.6. The van der Waals surface area contributed by atoms with Crippen LogP contribution in [0, 0.1) is 0 Å². The van der Waals surface area contributed by atoms with Crippen molar-refractivity contribution in [2.75, 3.05) is 20.2 Å². The van der Waals surface area contributed by atoms with Crippen LogP contribution in [0.4, 0.5) is 0 Å². The molecule has 2 aromatic carbocycles. The predicted molar refractivity (Wildman–Crippen MR) is 104 cm³/mol. The molecule has 0 unspecified atom stereocenters. The van der Waals surface area contributed by atoms with Crippen molar-refractivity contribution >= 4 is 5.91 Å². The minimum absolute atomic E-state index is 0.0339. The molecule has 1 heterocycles. The molecule has 4 heteroatoms. The Kier molecular flexibility index (Phi) is 5.74. The van der Waals surface area contributed by atoms with E-state index in [9.17, 15) is 4.79 Å². The van der Waals surface area contributed by atoms with Crippen LogP contribution >= 0.6 is 0 Å². The van der Waals surface area contributed by atoms with Crippen LogP contribution in [0.1, 0.15) is 40.9 Å². The van der Waals surface area contributed by atoms with Crippen molar-refractivity contribution in [2.45, 2.75) is 39.0 Å². The highest BCUT2D eigenvalue weighted by atomic mass is 16.5. The fourth-order valence-corrected chi connectivity index (χ4v) is 3.49. The lowest BCUT2D eigenvalue weighted by Gasteiger charge is -2.41. The fraction of sp³-hybridized carbons (Fsp3) is 0.409. The number of hydrogen-bond acceptors (Lipinski definition) is 3. The van der Waals surface area contributed by atoms with E-state index < -0.39 is 0 Å². The van der Waals surface area contributed by atoms with Crippen molar-refractivity contribution in [2.24, 2.45) is 0 Å². The van der Waals surface area contributed by atoms with E-state index in [0.717, 1.165) is 25.1 Å². The summed E-state index contributed by atoms with van der Waals surface area (Å²) < 4.78 is 5.15. The maximum absolute atomic E-state index is 12.6. The van der Waals surface area contributed by atoms with E-state index in [1.165, 1.54) is 11.1 Å². The van der Waals surface area contributed by atoms with E-state index in [1.807, 2.05) is 24.3 Å². The standard InChI is InChI=1S/C22H28N2O2/c1-22(2,24-12-11-18-8-4-5-9-20(18)14-24)16-23-21(25)19-10-6-7-17(13-19)15-26-3/h4-10,13H,11-12,14-16H2,1-3H3,(H,23,25). The molecule has 1 amide bonds. The number of nitrogens with zero attached hydrogens (tertiary/aromatic N) is 1. The first-order valence-corrected chi connectivity index (χ1v) is 9.17. The maximum atomic E-state index is 12.6. The number of ether oxygens (including phenoxy) is 1. The van der Waals surface area contributed by atoms with Gasteiger partial charge in [-0.1, -0.05) is 36.4 Å². The number of benzene rings is 2. The number of rotatable bonds is 6. The Balaban J connectivity index is 1.61. The van der Waals surface area contributed by atoms with Crippen LogP contribution in [0.5, 0.6) is 0 Å². The quantitative estimate of drug-likeness (QED) is 0.866. The van der Waals surface area contributed by atoms with E-state index in [0.29, 0.717) is 18.7 Å².